The van der Waals surface area contributed by atoms with Gasteiger partial charge in [0, 0.05) is 18.6 Å². The molecule has 3 nitrogen and oxygen atoms in total. The second-order valence-corrected chi connectivity index (χ2v) is 4.05. The number of carbonyl (C=O) groups is 1. The predicted molar refractivity (Wildman–Crippen MR) is 68.8 cm³/mol. The molecule has 0 radical (unpaired) electrons. The van der Waals surface area contributed by atoms with Crippen LogP contribution in [-0.2, 0) is 11.3 Å². The maximum atomic E-state index is 11.5. The van der Waals surface area contributed by atoms with Gasteiger partial charge in [-0.05, 0) is 24.6 Å². The molecule has 0 aliphatic rings. The van der Waals surface area contributed by atoms with Crippen molar-refractivity contribution in [2.75, 3.05) is 7.05 Å². The molecule has 0 aliphatic heterocycles. The van der Waals surface area contributed by atoms with Crippen molar-refractivity contribution in [1.82, 2.24) is 4.90 Å². The summed E-state index contributed by atoms with van der Waals surface area (Å²) >= 11 is 5.76. The van der Waals surface area contributed by atoms with Gasteiger partial charge in [0.15, 0.2) is 0 Å². The van der Waals surface area contributed by atoms with Crippen LogP contribution >= 0.6 is 24.0 Å². The maximum Gasteiger partial charge on any atom is 0.239 e. The molecule has 1 rings (SSSR count). The molecule has 0 saturated carbocycles. The lowest BCUT2D eigenvalue weighted by molar-refractivity contribution is -0.131. The Morgan fingerprint density at radius 1 is 1.44 bits per heavy atom. The number of hydrogen-bond donors (Lipinski definition) is 1. The summed E-state index contributed by atoms with van der Waals surface area (Å²) in [5, 5.41) is 0.694. The molecule has 16 heavy (non-hydrogen) atoms. The SMILES string of the molecule is C[C@H](N)C(=O)N(C)Cc1ccc(Cl)cc1.Cl. The Hall–Kier alpha value is -0.770. The highest BCUT2D eigenvalue weighted by Gasteiger charge is 2.13. The molecular weight excluding hydrogens is 247 g/mol. The highest BCUT2D eigenvalue weighted by atomic mass is 35.5. The highest BCUT2D eigenvalue weighted by Crippen LogP contribution is 2.11. The third-order valence-electron chi connectivity index (χ3n) is 2.10. The summed E-state index contributed by atoms with van der Waals surface area (Å²) in [5.41, 5.74) is 6.54. The fourth-order valence-electron chi connectivity index (χ4n) is 1.29. The van der Waals surface area contributed by atoms with Crippen molar-refractivity contribution in [3.05, 3.63) is 34.9 Å². The van der Waals surface area contributed by atoms with E-state index in [0.717, 1.165) is 5.56 Å². The summed E-state index contributed by atoms with van der Waals surface area (Å²) in [6.07, 6.45) is 0. The van der Waals surface area contributed by atoms with Crippen molar-refractivity contribution >= 4 is 29.9 Å². The second kappa shape index (κ2) is 6.74. The first-order chi connectivity index (χ1) is 7.00. The molecule has 0 heterocycles. The third kappa shape index (κ3) is 4.39. The van der Waals surface area contributed by atoms with Gasteiger partial charge in [-0.3, -0.25) is 4.79 Å². The molecule has 0 fully saturated rings. The first-order valence-corrected chi connectivity index (χ1v) is 5.13. The van der Waals surface area contributed by atoms with Gasteiger partial charge in [-0.1, -0.05) is 23.7 Å². The van der Waals surface area contributed by atoms with Crippen molar-refractivity contribution < 1.29 is 4.79 Å². The zero-order chi connectivity index (χ0) is 11.4. The number of carbonyl (C=O) groups excluding carboxylic acids is 1. The van der Waals surface area contributed by atoms with Crippen LogP contribution in [0.3, 0.4) is 0 Å². The molecule has 0 aromatic heterocycles. The number of hydrogen-bond acceptors (Lipinski definition) is 2. The lowest BCUT2D eigenvalue weighted by Crippen LogP contribution is -2.39. The molecule has 1 aromatic rings. The van der Waals surface area contributed by atoms with Crippen LogP contribution in [0.15, 0.2) is 24.3 Å². The predicted octanol–water partition coefficient (Wildman–Crippen LogP) is 2.07. The number of nitrogens with two attached hydrogens (primary N) is 1. The van der Waals surface area contributed by atoms with Crippen molar-refractivity contribution in [1.29, 1.82) is 0 Å². The number of benzene rings is 1. The lowest BCUT2D eigenvalue weighted by atomic mass is 10.2. The van der Waals surface area contributed by atoms with Crippen LogP contribution < -0.4 is 5.73 Å². The number of halogens is 2. The number of amides is 1. The minimum Gasteiger partial charge on any atom is -0.340 e. The first-order valence-electron chi connectivity index (χ1n) is 4.75. The highest BCUT2D eigenvalue weighted by molar-refractivity contribution is 6.30. The molecular formula is C11H16Cl2N2O. The Bertz CT molecular complexity index is 338. The van der Waals surface area contributed by atoms with E-state index < -0.39 is 6.04 Å². The average molecular weight is 263 g/mol. The fourth-order valence-corrected chi connectivity index (χ4v) is 1.42. The summed E-state index contributed by atoms with van der Waals surface area (Å²) in [5.74, 6) is -0.0649. The minimum absolute atomic E-state index is 0. The number of rotatable bonds is 3. The third-order valence-corrected chi connectivity index (χ3v) is 2.35. The van der Waals surface area contributed by atoms with Gasteiger partial charge < -0.3 is 10.6 Å². The van der Waals surface area contributed by atoms with Gasteiger partial charge in [0.05, 0.1) is 6.04 Å². The Labute approximate surface area is 107 Å². The lowest BCUT2D eigenvalue weighted by Gasteiger charge is -2.19. The summed E-state index contributed by atoms with van der Waals surface area (Å²) in [7, 11) is 1.74. The van der Waals surface area contributed by atoms with Gasteiger partial charge in [-0.25, -0.2) is 0 Å². The van der Waals surface area contributed by atoms with Crippen LogP contribution in [0.2, 0.25) is 5.02 Å². The van der Waals surface area contributed by atoms with E-state index in [2.05, 4.69) is 0 Å². The van der Waals surface area contributed by atoms with Crippen molar-refractivity contribution in [2.24, 2.45) is 5.73 Å². The second-order valence-electron chi connectivity index (χ2n) is 3.61. The van der Waals surface area contributed by atoms with E-state index in [1.54, 1.807) is 31.0 Å². The van der Waals surface area contributed by atoms with Gasteiger partial charge in [0.2, 0.25) is 5.91 Å². The van der Waals surface area contributed by atoms with Gasteiger partial charge in [-0.15, -0.1) is 12.4 Å². The largest absolute Gasteiger partial charge is 0.340 e. The number of nitrogens with zero attached hydrogens (tertiary/aromatic N) is 1. The standard InChI is InChI=1S/C11H15ClN2O.ClH/c1-8(13)11(15)14(2)7-9-3-5-10(12)6-4-9;/h3-6,8H,7,13H2,1-2H3;1H/t8-;/m0./s1. The Balaban J connectivity index is 0.00000225. The fraction of sp³-hybridized carbons (Fsp3) is 0.364. The van der Waals surface area contributed by atoms with E-state index in [-0.39, 0.29) is 18.3 Å². The zero-order valence-corrected chi connectivity index (χ0v) is 10.9. The van der Waals surface area contributed by atoms with Crippen molar-refractivity contribution in [3.8, 4) is 0 Å². The van der Waals surface area contributed by atoms with Crippen LogP contribution in [0.5, 0.6) is 0 Å². The van der Waals surface area contributed by atoms with E-state index in [4.69, 9.17) is 17.3 Å². The zero-order valence-electron chi connectivity index (χ0n) is 9.31. The molecule has 0 unspecified atom stereocenters. The van der Waals surface area contributed by atoms with Crippen LogP contribution in [0.25, 0.3) is 0 Å². The van der Waals surface area contributed by atoms with E-state index in [1.807, 2.05) is 12.1 Å². The average Bonchev–Trinajstić information content (AvgIpc) is 2.20. The first kappa shape index (κ1) is 15.2. The van der Waals surface area contributed by atoms with Gasteiger partial charge in [0.25, 0.3) is 0 Å². The molecule has 1 aromatic carbocycles. The summed E-state index contributed by atoms with van der Waals surface area (Å²) in [6, 6.07) is 6.95. The molecule has 90 valence electrons. The maximum absolute atomic E-state index is 11.5. The Morgan fingerprint density at radius 3 is 2.38 bits per heavy atom. The van der Waals surface area contributed by atoms with Crippen LogP contribution in [0, 0.1) is 0 Å². The van der Waals surface area contributed by atoms with Gasteiger partial charge in [0.1, 0.15) is 0 Å². The van der Waals surface area contributed by atoms with E-state index in [1.165, 1.54) is 0 Å². The molecule has 2 N–H and O–H groups in total. The molecule has 1 amide bonds. The van der Waals surface area contributed by atoms with Crippen molar-refractivity contribution in [2.45, 2.75) is 19.5 Å². The van der Waals surface area contributed by atoms with Crippen LogP contribution in [0.4, 0.5) is 0 Å². The Morgan fingerprint density at radius 2 is 1.94 bits per heavy atom. The minimum atomic E-state index is -0.456. The Kier molecular flexibility index (Phi) is 6.41. The van der Waals surface area contributed by atoms with E-state index in [0.29, 0.717) is 11.6 Å². The quantitative estimate of drug-likeness (QED) is 0.907. The summed E-state index contributed by atoms with van der Waals surface area (Å²) < 4.78 is 0. The molecule has 0 spiro atoms. The van der Waals surface area contributed by atoms with E-state index >= 15 is 0 Å². The van der Waals surface area contributed by atoms with Crippen LogP contribution in [-0.4, -0.2) is 23.9 Å². The number of likely N-dealkylation sites (N-methyl/N-ethyl adjacent to an activating group) is 1. The molecule has 5 heteroatoms. The van der Waals surface area contributed by atoms with Crippen LogP contribution in [0.1, 0.15) is 12.5 Å². The summed E-state index contributed by atoms with van der Waals surface area (Å²) in [4.78, 5) is 13.1. The van der Waals surface area contributed by atoms with Gasteiger partial charge >= 0.3 is 0 Å². The topological polar surface area (TPSA) is 46.3 Å². The normalized spacial score (nSPS) is 11.5. The molecule has 1 atom stereocenters. The molecule has 0 saturated heterocycles. The molecule has 0 bridgehead atoms. The smallest absolute Gasteiger partial charge is 0.239 e. The monoisotopic (exact) mass is 262 g/mol. The molecule has 0 aliphatic carbocycles. The summed E-state index contributed by atoms with van der Waals surface area (Å²) in [6.45, 7) is 2.23. The van der Waals surface area contributed by atoms with Crippen molar-refractivity contribution in [3.63, 3.8) is 0 Å². The van der Waals surface area contributed by atoms with E-state index in [9.17, 15) is 4.79 Å². The van der Waals surface area contributed by atoms with Gasteiger partial charge in [-0.2, -0.15) is 0 Å².